The summed E-state index contributed by atoms with van der Waals surface area (Å²) in [7, 11) is 0. The molecule has 0 atom stereocenters. The fourth-order valence-corrected chi connectivity index (χ4v) is 1.57. The van der Waals surface area contributed by atoms with Gasteiger partial charge in [0.25, 0.3) is 5.56 Å². The lowest BCUT2D eigenvalue weighted by Gasteiger charge is -2.05. The van der Waals surface area contributed by atoms with Gasteiger partial charge in [0.05, 0.1) is 11.3 Å². The SMILES string of the molecule is O=c1[nH]c(=S)[nH]c(O)c1N=Nc1ccc(C(F)(F)F)cc1. The molecule has 0 spiro atoms. The summed E-state index contributed by atoms with van der Waals surface area (Å²) in [6, 6.07) is 3.83. The molecular weight excluding hydrogens is 309 g/mol. The minimum atomic E-state index is -4.45. The Morgan fingerprint density at radius 2 is 1.71 bits per heavy atom. The van der Waals surface area contributed by atoms with Crippen molar-refractivity contribution in [2.24, 2.45) is 10.2 Å². The number of aromatic amines is 2. The molecule has 1 heterocycles. The van der Waals surface area contributed by atoms with Crippen molar-refractivity contribution in [1.29, 1.82) is 0 Å². The fourth-order valence-electron chi connectivity index (χ4n) is 1.39. The number of azo groups is 1. The van der Waals surface area contributed by atoms with Gasteiger partial charge in [0.1, 0.15) is 0 Å². The maximum atomic E-state index is 12.4. The summed E-state index contributed by atoms with van der Waals surface area (Å²) in [4.78, 5) is 15.9. The molecule has 0 saturated carbocycles. The quantitative estimate of drug-likeness (QED) is 0.584. The van der Waals surface area contributed by atoms with Crippen LogP contribution in [-0.4, -0.2) is 15.1 Å². The Morgan fingerprint density at radius 1 is 1.10 bits per heavy atom. The number of hydrogen-bond donors (Lipinski definition) is 3. The minimum absolute atomic E-state index is 0.0873. The number of nitrogens with zero attached hydrogens (tertiary/aromatic N) is 2. The summed E-state index contributed by atoms with van der Waals surface area (Å²) in [5.41, 5.74) is -1.94. The zero-order valence-electron chi connectivity index (χ0n) is 10.1. The van der Waals surface area contributed by atoms with E-state index in [4.69, 9.17) is 0 Å². The van der Waals surface area contributed by atoms with Crippen LogP contribution in [0.1, 0.15) is 5.56 Å². The Kier molecular flexibility index (Phi) is 3.89. The number of nitrogens with one attached hydrogen (secondary N) is 2. The largest absolute Gasteiger partial charge is 0.493 e. The number of benzene rings is 1. The third-order valence-corrected chi connectivity index (χ3v) is 2.56. The van der Waals surface area contributed by atoms with Crippen molar-refractivity contribution in [2.75, 3.05) is 0 Å². The first kappa shape index (κ1) is 14.9. The lowest BCUT2D eigenvalue weighted by molar-refractivity contribution is -0.137. The summed E-state index contributed by atoms with van der Waals surface area (Å²) in [5.74, 6) is -0.584. The van der Waals surface area contributed by atoms with Crippen LogP contribution in [0, 0.1) is 4.77 Å². The molecule has 0 radical (unpaired) electrons. The van der Waals surface area contributed by atoms with Crippen LogP contribution in [0.4, 0.5) is 24.5 Å². The maximum Gasteiger partial charge on any atom is 0.416 e. The van der Waals surface area contributed by atoms with E-state index in [2.05, 4.69) is 32.4 Å². The molecule has 1 aromatic carbocycles. The Bertz CT molecular complexity index is 793. The van der Waals surface area contributed by atoms with Crippen LogP contribution < -0.4 is 5.56 Å². The predicted octanol–water partition coefficient (Wildman–Crippen LogP) is 3.57. The summed E-state index contributed by atoms with van der Waals surface area (Å²) < 4.78 is 37.0. The molecule has 0 unspecified atom stereocenters. The van der Waals surface area contributed by atoms with Crippen LogP contribution in [0.25, 0.3) is 0 Å². The van der Waals surface area contributed by atoms with Gasteiger partial charge in [-0.15, -0.1) is 5.11 Å². The monoisotopic (exact) mass is 316 g/mol. The normalized spacial score (nSPS) is 12.0. The van der Waals surface area contributed by atoms with Crippen LogP contribution in [-0.2, 0) is 6.18 Å². The highest BCUT2D eigenvalue weighted by Gasteiger charge is 2.29. The van der Waals surface area contributed by atoms with E-state index >= 15 is 0 Å². The summed E-state index contributed by atoms with van der Waals surface area (Å²) in [6.45, 7) is 0. The molecular formula is C11H7F3N4O2S. The number of hydrogen-bond acceptors (Lipinski definition) is 5. The van der Waals surface area contributed by atoms with E-state index in [0.717, 1.165) is 24.3 Å². The number of rotatable bonds is 2. The van der Waals surface area contributed by atoms with Gasteiger partial charge in [0.2, 0.25) is 11.6 Å². The zero-order chi connectivity index (χ0) is 15.6. The molecule has 0 amide bonds. The molecule has 2 rings (SSSR count). The predicted molar refractivity (Wildman–Crippen MR) is 69.5 cm³/mol. The van der Waals surface area contributed by atoms with Crippen molar-refractivity contribution < 1.29 is 18.3 Å². The Hall–Kier alpha value is -2.49. The van der Waals surface area contributed by atoms with Crippen LogP contribution in [0.15, 0.2) is 39.3 Å². The van der Waals surface area contributed by atoms with Crippen molar-refractivity contribution in [2.45, 2.75) is 6.18 Å². The van der Waals surface area contributed by atoms with Gasteiger partial charge in [-0.05, 0) is 36.5 Å². The minimum Gasteiger partial charge on any atom is -0.493 e. The molecule has 0 bridgehead atoms. The van der Waals surface area contributed by atoms with Crippen LogP contribution >= 0.6 is 12.2 Å². The third kappa shape index (κ3) is 3.54. The van der Waals surface area contributed by atoms with Crippen molar-refractivity contribution in [3.63, 3.8) is 0 Å². The molecule has 0 fully saturated rings. The van der Waals surface area contributed by atoms with Gasteiger partial charge in [-0.1, -0.05) is 0 Å². The number of alkyl halides is 3. The van der Waals surface area contributed by atoms with Gasteiger partial charge in [-0.25, -0.2) is 0 Å². The van der Waals surface area contributed by atoms with E-state index in [1.165, 1.54) is 0 Å². The molecule has 2 aromatic rings. The fraction of sp³-hybridized carbons (Fsp3) is 0.0909. The summed E-state index contributed by atoms with van der Waals surface area (Å²) in [5, 5.41) is 16.5. The molecule has 21 heavy (non-hydrogen) atoms. The Morgan fingerprint density at radius 3 is 2.24 bits per heavy atom. The van der Waals surface area contributed by atoms with E-state index in [-0.39, 0.29) is 10.5 Å². The number of halogens is 3. The van der Waals surface area contributed by atoms with E-state index < -0.39 is 28.9 Å². The van der Waals surface area contributed by atoms with E-state index in [1.807, 2.05) is 0 Å². The van der Waals surface area contributed by atoms with Crippen molar-refractivity contribution in [1.82, 2.24) is 9.97 Å². The van der Waals surface area contributed by atoms with E-state index in [9.17, 15) is 23.1 Å². The number of aromatic hydroxyl groups is 1. The molecule has 0 aliphatic rings. The summed E-state index contributed by atoms with van der Waals surface area (Å²) in [6.07, 6.45) is -4.45. The van der Waals surface area contributed by atoms with Crippen molar-refractivity contribution in [3.05, 3.63) is 45.0 Å². The van der Waals surface area contributed by atoms with Gasteiger partial charge in [-0.2, -0.15) is 18.3 Å². The molecule has 6 nitrogen and oxygen atoms in total. The van der Waals surface area contributed by atoms with Gasteiger partial charge >= 0.3 is 6.18 Å². The maximum absolute atomic E-state index is 12.4. The standard InChI is InChI=1S/C11H7F3N4O2S/c12-11(13,14)5-1-3-6(4-2-5)17-18-7-8(19)15-10(21)16-9(7)20/h1-4H,(H3,15,16,19,20,21). The van der Waals surface area contributed by atoms with Crippen LogP contribution in [0.5, 0.6) is 5.88 Å². The van der Waals surface area contributed by atoms with Crippen LogP contribution in [0.2, 0.25) is 0 Å². The highest BCUT2D eigenvalue weighted by molar-refractivity contribution is 7.71. The molecule has 3 N–H and O–H groups in total. The second-order valence-electron chi connectivity index (χ2n) is 3.85. The Labute approximate surface area is 120 Å². The van der Waals surface area contributed by atoms with Gasteiger partial charge in [0.15, 0.2) is 4.77 Å². The third-order valence-electron chi connectivity index (χ3n) is 2.36. The molecule has 110 valence electrons. The average molecular weight is 316 g/mol. The zero-order valence-corrected chi connectivity index (χ0v) is 10.9. The first-order chi connectivity index (χ1) is 9.77. The first-order valence-electron chi connectivity index (χ1n) is 5.42. The van der Waals surface area contributed by atoms with Gasteiger partial charge in [0, 0.05) is 0 Å². The highest BCUT2D eigenvalue weighted by atomic mass is 32.1. The molecule has 0 aliphatic heterocycles. The molecule has 10 heteroatoms. The molecule has 0 saturated heterocycles. The smallest absolute Gasteiger partial charge is 0.416 e. The number of aromatic nitrogens is 2. The van der Waals surface area contributed by atoms with E-state index in [0.29, 0.717) is 0 Å². The van der Waals surface area contributed by atoms with Crippen LogP contribution in [0.3, 0.4) is 0 Å². The second-order valence-corrected chi connectivity index (χ2v) is 4.26. The number of H-pyrrole nitrogens is 2. The van der Waals surface area contributed by atoms with Crippen molar-refractivity contribution >= 4 is 23.6 Å². The summed E-state index contributed by atoms with van der Waals surface area (Å²) >= 11 is 4.62. The van der Waals surface area contributed by atoms with Crippen molar-refractivity contribution in [3.8, 4) is 5.88 Å². The highest BCUT2D eigenvalue weighted by Crippen LogP contribution is 2.30. The Balaban J connectivity index is 2.31. The van der Waals surface area contributed by atoms with Gasteiger partial charge < -0.3 is 10.1 Å². The molecule has 1 aromatic heterocycles. The first-order valence-corrected chi connectivity index (χ1v) is 5.83. The lowest BCUT2D eigenvalue weighted by atomic mass is 10.2. The van der Waals surface area contributed by atoms with E-state index in [1.54, 1.807) is 0 Å². The van der Waals surface area contributed by atoms with Gasteiger partial charge in [-0.3, -0.25) is 9.78 Å². The molecule has 0 aliphatic carbocycles. The lowest BCUT2D eigenvalue weighted by Crippen LogP contribution is -2.06. The average Bonchev–Trinajstić information content (AvgIpc) is 2.37. The topological polar surface area (TPSA) is 93.6 Å². The second kappa shape index (κ2) is 5.48.